The van der Waals surface area contributed by atoms with Gasteiger partial charge in [-0.2, -0.15) is 0 Å². The monoisotopic (exact) mass is 316 g/mol. The Hall–Kier alpha value is -1.35. The van der Waals surface area contributed by atoms with Crippen LogP contribution in [0.4, 0.5) is 0 Å². The molecule has 1 aromatic rings. The van der Waals surface area contributed by atoms with Crippen molar-refractivity contribution in [1.82, 2.24) is 10.2 Å². The van der Waals surface area contributed by atoms with Gasteiger partial charge in [-0.3, -0.25) is 4.79 Å². The van der Waals surface area contributed by atoms with E-state index in [1.807, 2.05) is 12.1 Å². The molecule has 23 heavy (non-hydrogen) atoms. The minimum Gasteiger partial charge on any atom is -0.352 e. The molecular formula is C20H32N2O. The van der Waals surface area contributed by atoms with E-state index in [-0.39, 0.29) is 11.3 Å². The van der Waals surface area contributed by atoms with Crippen molar-refractivity contribution in [1.29, 1.82) is 0 Å². The van der Waals surface area contributed by atoms with Gasteiger partial charge < -0.3 is 10.2 Å². The molecule has 128 valence electrons. The second-order valence-corrected chi connectivity index (χ2v) is 7.82. The van der Waals surface area contributed by atoms with Crippen molar-refractivity contribution >= 4 is 5.91 Å². The zero-order chi connectivity index (χ0) is 16.9. The Morgan fingerprint density at radius 3 is 2.52 bits per heavy atom. The van der Waals surface area contributed by atoms with Crippen LogP contribution in [0, 0.1) is 0 Å². The van der Waals surface area contributed by atoms with Crippen LogP contribution < -0.4 is 5.32 Å². The molecule has 1 fully saturated rings. The number of nitrogens with one attached hydrogen (secondary N) is 1. The van der Waals surface area contributed by atoms with Crippen molar-refractivity contribution in [2.45, 2.75) is 64.8 Å². The molecule has 1 N–H and O–H groups in total. The summed E-state index contributed by atoms with van der Waals surface area (Å²) >= 11 is 0. The highest BCUT2D eigenvalue weighted by atomic mass is 16.1. The van der Waals surface area contributed by atoms with Crippen LogP contribution in [0.15, 0.2) is 24.3 Å². The van der Waals surface area contributed by atoms with Crippen LogP contribution in [0.2, 0.25) is 0 Å². The van der Waals surface area contributed by atoms with Crippen molar-refractivity contribution in [3.8, 4) is 0 Å². The molecule has 2 rings (SSSR count). The minimum atomic E-state index is 0.0390. The van der Waals surface area contributed by atoms with Gasteiger partial charge in [-0.1, -0.05) is 39.3 Å². The first-order chi connectivity index (χ1) is 10.9. The molecule has 3 nitrogen and oxygen atoms in total. The third-order valence-corrected chi connectivity index (χ3v) is 4.86. The SMILES string of the molecule is CC1CCCCN1CCCNC(=O)c1ccc(C(C)(C)C)cc1. The van der Waals surface area contributed by atoms with Crippen LogP contribution in [0.25, 0.3) is 0 Å². The second kappa shape index (κ2) is 7.96. The molecule has 1 aliphatic rings. The number of piperidine rings is 1. The highest BCUT2D eigenvalue weighted by molar-refractivity contribution is 5.94. The zero-order valence-corrected chi connectivity index (χ0v) is 15.2. The maximum Gasteiger partial charge on any atom is 0.251 e. The molecule has 0 aliphatic carbocycles. The largest absolute Gasteiger partial charge is 0.352 e. The third kappa shape index (κ3) is 5.35. The van der Waals surface area contributed by atoms with Crippen molar-refractivity contribution in [3.05, 3.63) is 35.4 Å². The van der Waals surface area contributed by atoms with Crippen LogP contribution in [-0.4, -0.2) is 36.5 Å². The lowest BCUT2D eigenvalue weighted by Crippen LogP contribution is -2.39. The first kappa shape index (κ1) is 18.0. The predicted molar refractivity (Wildman–Crippen MR) is 97.0 cm³/mol. The molecule has 1 atom stereocenters. The summed E-state index contributed by atoms with van der Waals surface area (Å²) in [6.07, 6.45) is 5.01. The van der Waals surface area contributed by atoms with E-state index >= 15 is 0 Å². The number of likely N-dealkylation sites (tertiary alicyclic amines) is 1. The van der Waals surface area contributed by atoms with Crippen LogP contribution >= 0.6 is 0 Å². The summed E-state index contributed by atoms with van der Waals surface area (Å²) in [5, 5.41) is 3.05. The molecule has 1 aromatic carbocycles. The maximum atomic E-state index is 12.2. The number of nitrogens with zero attached hydrogens (tertiary/aromatic N) is 1. The fraction of sp³-hybridized carbons (Fsp3) is 0.650. The second-order valence-electron chi connectivity index (χ2n) is 7.82. The van der Waals surface area contributed by atoms with E-state index in [0.29, 0.717) is 6.04 Å². The Bertz CT molecular complexity index is 501. The van der Waals surface area contributed by atoms with Gasteiger partial charge in [0.25, 0.3) is 5.91 Å². The maximum absolute atomic E-state index is 12.2. The van der Waals surface area contributed by atoms with E-state index in [0.717, 1.165) is 25.1 Å². The number of amides is 1. The molecule has 1 saturated heterocycles. The average Bonchev–Trinajstić information content (AvgIpc) is 2.52. The number of carbonyl (C=O) groups excluding carboxylic acids is 1. The van der Waals surface area contributed by atoms with E-state index in [1.165, 1.54) is 31.4 Å². The van der Waals surface area contributed by atoms with Gasteiger partial charge in [-0.15, -0.1) is 0 Å². The molecule has 1 aliphatic heterocycles. The van der Waals surface area contributed by atoms with Crippen LogP contribution in [-0.2, 0) is 5.41 Å². The average molecular weight is 316 g/mol. The first-order valence-corrected chi connectivity index (χ1v) is 9.01. The van der Waals surface area contributed by atoms with E-state index in [1.54, 1.807) is 0 Å². The summed E-state index contributed by atoms with van der Waals surface area (Å²) in [6, 6.07) is 8.68. The lowest BCUT2D eigenvalue weighted by molar-refractivity contribution is 0.0949. The Kier molecular flexibility index (Phi) is 6.23. The van der Waals surface area contributed by atoms with Gasteiger partial charge in [0.15, 0.2) is 0 Å². The van der Waals surface area contributed by atoms with Crippen molar-refractivity contribution < 1.29 is 4.79 Å². The molecule has 0 aromatic heterocycles. The Morgan fingerprint density at radius 2 is 1.91 bits per heavy atom. The summed E-state index contributed by atoms with van der Waals surface area (Å²) in [5.74, 6) is 0.0390. The molecule has 1 unspecified atom stereocenters. The van der Waals surface area contributed by atoms with Gasteiger partial charge in [0, 0.05) is 24.7 Å². The summed E-state index contributed by atoms with van der Waals surface area (Å²) in [5.41, 5.74) is 2.14. The number of hydrogen-bond acceptors (Lipinski definition) is 2. The third-order valence-electron chi connectivity index (χ3n) is 4.86. The summed E-state index contributed by atoms with van der Waals surface area (Å²) < 4.78 is 0. The predicted octanol–water partition coefficient (Wildman–Crippen LogP) is 3.98. The normalized spacial score (nSPS) is 19.6. The summed E-state index contributed by atoms with van der Waals surface area (Å²) in [6.45, 7) is 11.9. The quantitative estimate of drug-likeness (QED) is 0.833. The lowest BCUT2D eigenvalue weighted by Gasteiger charge is -2.33. The summed E-state index contributed by atoms with van der Waals surface area (Å²) in [7, 11) is 0. The van der Waals surface area contributed by atoms with Crippen molar-refractivity contribution in [2.75, 3.05) is 19.6 Å². The van der Waals surface area contributed by atoms with Gasteiger partial charge in [-0.25, -0.2) is 0 Å². The van der Waals surface area contributed by atoms with Gasteiger partial charge in [-0.05, 0) is 55.8 Å². The zero-order valence-electron chi connectivity index (χ0n) is 15.2. The van der Waals surface area contributed by atoms with Crippen molar-refractivity contribution in [3.63, 3.8) is 0 Å². The number of benzene rings is 1. The Balaban J connectivity index is 1.74. The molecular weight excluding hydrogens is 284 g/mol. The lowest BCUT2D eigenvalue weighted by atomic mass is 9.87. The van der Waals surface area contributed by atoms with Gasteiger partial charge in [0.2, 0.25) is 0 Å². The fourth-order valence-corrected chi connectivity index (χ4v) is 3.20. The van der Waals surface area contributed by atoms with E-state index < -0.39 is 0 Å². The number of rotatable bonds is 5. The first-order valence-electron chi connectivity index (χ1n) is 9.01. The molecule has 3 heteroatoms. The van der Waals surface area contributed by atoms with Crippen LogP contribution in [0.5, 0.6) is 0 Å². The number of carbonyl (C=O) groups is 1. The molecule has 1 amide bonds. The van der Waals surface area contributed by atoms with Gasteiger partial charge in [0.05, 0.1) is 0 Å². The van der Waals surface area contributed by atoms with Crippen molar-refractivity contribution in [2.24, 2.45) is 0 Å². The smallest absolute Gasteiger partial charge is 0.251 e. The number of hydrogen-bond donors (Lipinski definition) is 1. The molecule has 0 bridgehead atoms. The van der Waals surface area contributed by atoms with E-state index in [9.17, 15) is 4.79 Å². The molecule has 1 heterocycles. The van der Waals surface area contributed by atoms with E-state index in [2.05, 4.69) is 50.0 Å². The van der Waals surface area contributed by atoms with Gasteiger partial charge in [0.1, 0.15) is 0 Å². The highest BCUT2D eigenvalue weighted by Gasteiger charge is 2.17. The van der Waals surface area contributed by atoms with Crippen LogP contribution in [0.1, 0.15) is 69.3 Å². The van der Waals surface area contributed by atoms with Crippen LogP contribution in [0.3, 0.4) is 0 Å². The molecule has 0 saturated carbocycles. The summed E-state index contributed by atoms with van der Waals surface area (Å²) in [4.78, 5) is 14.7. The minimum absolute atomic E-state index is 0.0390. The molecule has 0 spiro atoms. The molecule has 0 radical (unpaired) electrons. The fourth-order valence-electron chi connectivity index (χ4n) is 3.20. The highest BCUT2D eigenvalue weighted by Crippen LogP contribution is 2.22. The topological polar surface area (TPSA) is 32.3 Å². The Labute approximate surface area is 141 Å². The standard InChI is InChI=1S/C20H32N2O/c1-16-8-5-6-14-22(16)15-7-13-21-19(23)17-9-11-18(12-10-17)20(2,3)4/h9-12,16H,5-8,13-15H2,1-4H3,(H,21,23). The van der Waals surface area contributed by atoms with E-state index in [4.69, 9.17) is 0 Å². The van der Waals surface area contributed by atoms with Gasteiger partial charge >= 0.3 is 0 Å². The Morgan fingerprint density at radius 1 is 1.22 bits per heavy atom.